The Hall–Kier alpha value is -0.420. The van der Waals surface area contributed by atoms with Crippen LogP contribution in [0.3, 0.4) is 0 Å². The lowest BCUT2D eigenvalue weighted by atomic mass is 9.87. The van der Waals surface area contributed by atoms with Crippen molar-refractivity contribution in [1.82, 2.24) is 10.2 Å². The first-order valence-electron chi connectivity index (χ1n) is 8.94. The maximum Gasteiger partial charge on any atom is 0.410 e. The Morgan fingerprint density at radius 1 is 1.30 bits per heavy atom. The van der Waals surface area contributed by atoms with Gasteiger partial charge in [-0.15, -0.1) is 0 Å². The monoisotopic (exact) mass is 342 g/mol. The summed E-state index contributed by atoms with van der Waals surface area (Å²) in [5.74, 6) is 3.20. The molecule has 0 saturated carbocycles. The Bertz CT molecular complexity index is 398. The second kappa shape index (κ2) is 7.64. The highest BCUT2D eigenvalue weighted by Crippen LogP contribution is 2.33. The van der Waals surface area contributed by atoms with Crippen molar-refractivity contribution in [2.45, 2.75) is 65.5 Å². The second-order valence-corrected chi connectivity index (χ2v) is 9.93. The summed E-state index contributed by atoms with van der Waals surface area (Å²) < 4.78 is 5.46. The molecular formula is C18H34N2O2S. The van der Waals surface area contributed by atoms with Gasteiger partial charge in [-0.1, -0.05) is 13.8 Å². The fourth-order valence-electron chi connectivity index (χ4n) is 3.37. The average molecular weight is 343 g/mol. The van der Waals surface area contributed by atoms with E-state index in [4.69, 9.17) is 4.74 Å². The van der Waals surface area contributed by atoms with Gasteiger partial charge in [0, 0.05) is 24.9 Å². The maximum absolute atomic E-state index is 12.1. The van der Waals surface area contributed by atoms with Gasteiger partial charge in [-0.05, 0) is 63.7 Å². The van der Waals surface area contributed by atoms with E-state index in [1.165, 1.54) is 17.9 Å². The number of likely N-dealkylation sites (tertiary alicyclic amines) is 1. The summed E-state index contributed by atoms with van der Waals surface area (Å²) in [6.45, 7) is 13.2. The Morgan fingerprint density at radius 2 is 1.96 bits per heavy atom. The van der Waals surface area contributed by atoms with Crippen molar-refractivity contribution in [3.63, 3.8) is 0 Å². The zero-order chi connectivity index (χ0) is 17.1. The summed E-state index contributed by atoms with van der Waals surface area (Å²) in [4.78, 5) is 13.9. The summed E-state index contributed by atoms with van der Waals surface area (Å²) in [6, 6.07) is 0.646. The molecule has 5 heteroatoms. The highest BCUT2D eigenvalue weighted by Gasteiger charge is 2.30. The van der Waals surface area contributed by atoms with Gasteiger partial charge in [-0.3, -0.25) is 0 Å². The molecule has 2 fully saturated rings. The van der Waals surface area contributed by atoms with E-state index < -0.39 is 5.60 Å². The van der Waals surface area contributed by atoms with Gasteiger partial charge in [-0.2, -0.15) is 11.8 Å². The number of rotatable bonds is 3. The summed E-state index contributed by atoms with van der Waals surface area (Å²) >= 11 is 2.07. The predicted molar refractivity (Wildman–Crippen MR) is 98.0 cm³/mol. The van der Waals surface area contributed by atoms with Crippen molar-refractivity contribution in [3.8, 4) is 0 Å². The number of hydrogen-bond acceptors (Lipinski definition) is 4. The number of carbonyl (C=O) groups is 1. The quantitative estimate of drug-likeness (QED) is 0.848. The van der Waals surface area contributed by atoms with E-state index in [2.05, 4.69) is 30.9 Å². The van der Waals surface area contributed by atoms with E-state index in [0.29, 0.717) is 17.4 Å². The van der Waals surface area contributed by atoms with Crippen LogP contribution in [0.1, 0.15) is 53.9 Å². The van der Waals surface area contributed by atoms with Gasteiger partial charge in [0.15, 0.2) is 0 Å². The Kier molecular flexibility index (Phi) is 6.28. The van der Waals surface area contributed by atoms with E-state index in [9.17, 15) is 4.79 Å². The molecule has 1 N–H and O–H groups in total. The fraction of sp³-hybridized carbons (Fsp3) is 0.944. The number of nitrogens with one attached hydrogen (secondary N) is 1. The molecule has 2 aliphatic heterocycles. The Labute approximate surface area is 146 Å². The lowest BCUT2D eigenvalue weighted by Crippen LogP contribution is -2.46. The third-order valence-corrected chi connectivity index (χ3v) is 6.20. The van der Waals surface area contributed by atoms with Crippen LogP contribution >= 0.6 is 11.8 Å². The molecule has 0 aromatic heterocycles. The van der Waals surface area contributed by atoms with Gasteiger partial charge in [0.25, 0.3) is 0 Å². The van der Waals surface area contributed by atoms with Crippen molar-refractivity contribution in [1.29, 1.82) is 0 Å². The highest BCUT2D eigenvalue weighted by atomic mass is 32.2. The van der Waals surface area contributed by atoms with Crippen LogP contribution in [0.2, 0.25) is 0 Å². The van der Waals surface area contributed by atoms with Crippen molar-refractivity contribution in [2.75, 3.05) is 31.1 Å². The van der Waals surface area contributed by atoms with Crippen molar-refractivity contribution in [3.05, 3.63) is 0 Å². The lowest BCUT2D eigenvalue weighted by molar-refractivity contribution is 0.0183. The summed E-state index contributed by atoms with van der Waals surface area (Å²) in [6.07, 6.45) is 3.27. The van der Waals surface area contributed by atoms with Crippen LogP contribution in [0.25, 0.3) is 0 Å². The zero-order valence-corrected chi connectivity index (χ0v) is 16.3. The van der Waals surface area contributed by atoms with Crippen LogP contribution in [0.4, 0.5) is 4.79 Å². The van der Waals surface area contributed by atoms with E-state index >= 15 is 0 Å². The minimum atomic E-state index is -0.402. The normalized spacial score (nSPS) is 26.1. The largest absolute Gasteiger partial charge is 0.444 e. The number of thioether (sulfide) groups is 1. The molecule has 23 heavy (non-hydrogen) atoms. The van der Waals surface area contributed by atoms with E-state index in [0.717, 1.165) is 32.5 Å². The minimum Gasteiger partial charge on any atom is -0.444 e. The summed E-state index contributed by atoms with van der Waals surface area (Å²) in [5, 5.41) is 3.77. The van der Waals surface area contributed by atoms with E-state index in [1.54, 1.807) is 0 Å². The third kappa shape index (κ3) is 6.54. The lowest BCUT2D eigenvalue weighted by Gasteiger charge is -2.37. The molecule has 1 atom stereocenters. The van der Waals surface area contributed by atoms with Crippen LogP contribution in [-0.4, -0.2) is 53.8 Å². The molecule has 0 radical (unpaired) electrons. The number of amides is 1. The Morgan fingerprint density at radius 3 is 2.52 bits per heavy atom. The molecule has 1 unspecified atom stereocenters. The van der Waals surface area contributed by atoms with Gasteiger partial charge < -0.3 is 15.0 Å². The molecule has 134 valence electrons. The zero-order valence-electron chi connectivity index (χ0n) is 15.5. The Balaban J connectivity index is 1.68. The molecule has 2 heterocycles. The number of ether oxygens (including phenoxy) is 1. The molecule has 2 saturated heterocycles. The van der Waals surface area contributed by atoms with Crippen molar-refractivity contribution < 1.29 is 9.53 Å². The summed E-state index contributed by atoms with van der Waals surface area (Å²) in [5.41, 5.74) is 0.0571. The van der Waals surface area contributed by atoms with E-state index in [-0.39, 0.29) is 6.09 Å². The van der Waals surface area contributed by atoms with E-state index in [1.807, 2.05) is 25.7 Å². The van der Waals surface area contributed by atoms with Crippen LogP contribution in [0.5, 0.6) is 0 Å². The summed E-state index contributed by atoms with van der Waals surface area (Å²) in [7, 11) is 0. The smallest absolute Gasteiger partial charge is 0.410 e. The minimum absolute atomic E-state index is 0.158. The van der Waals surface area contributed by atoms with Gasteiger partial charge in [0.2, 0.25) is 0 Å². The first kappa shape index (κ1) is 18.9. The molecule has 0 aliphatic carbocycles. The first-order valence-corrected chi connectivity index (χ1v) is 10.1. The molecule has 0 bridgehead atoms. The van der Waals surface area contributed by atoms with Gasteiger partial charge in [0.1, 0.15) is 5.60 Å². The number of carbonyl (C=O) groups excluding carboxylic acids is 1. The molecule has 0 aromatic rings. The molecule has 0 spiro atoms. The molecule has 0 aromatic carbocycles. The fourth-order valence-corrected chi connectivity index (χ4v) is 4.68. The van der Waals surface area contributed by atoms with Crippen LogP contribution < -0.4 is 5.32 Å². The van der Waals surface area contributed by atoms with Crippen LogP contribution in [0, 0.1) is 11.3 Å². The molecule has 4 nitrogen and oxygen atoms in total. The second-order valence-electron chi connectivity index (χ2n) is 8.90. The first-order chi connectivity index (χ1) is 10.6. The SMILES string of the molecule is CC1(C)CSCC(NCC2CCN(C(=O)OC(C)(C)C)CC2)C1. The standard InChI is InChI=1S/C18H34N2O2S/c1-17(2,3)22-16(21)20-8-6-14(7-9-20)11-19-15-10-18(4,5)13-23-12-15/h14-15,19H,6-13H2,1-5H3. The van der Waals surface area contributed by atoms with Crippen molar-refractivity contribution in [2.24, 2.45) is 11.3 Å². The van der Waals surface area contributed by atoms with Gasteiger partial charge in [-0.25, -0.2) is 4.79 Å². The molecule has 2 aliphatic rings. The predicted octanol–water partition coefficient (Wildman–Crippen LogP) is 3.75. The van der Waals surface area contributed by atoms with Gasteiger partial charge >= 0.3 is 6.09 Å². The number of piperidine rings is 1. The highest BCUT2D eigenvalue weighted by molar-refractivity contribution is 7.99. The van der Waals surface area contributed by atoms with Gasteiger partial charge in [0.05, 0.1) is 0 Å². The molecular weight excluding hydrogens is 308 g/mol. The number of hydrogen-bond donors (Lipinski definition) is 1. The number of nitrogens with zero attached hydrogens (tertiary/aromatic N) is 1. The van der Waals surface area contributed by atoms with Crippen LogP contribution in [-0.2, 0) is 4.74 Å². The maximum atomic E-state index is 12.1. The molecule has 1 amide bonds. The molecule has 2 rings (SSSR count). The third-order valence-electron chi connectivity index (χ3n) is 4.57. The topological polar surface area (TPSA) is 41.6 Å². The van der Waals surface area contributed by atoms with Crippen LogP contribution in [0.15, 0.2) is 0 Å². The van der Waals surface area contributed by atoms with Crippen molar-refractivity contribution >= 4 is 17.9 Å². The average Bonchev–Trinajstić information content (AvgIpc) is 2.43.